The Kier molecular flexibility index (Phi) is 3.99. The smallest absolute Gasteiger partial charge is 0.311 e. The third kappa shape index (κ3) is 3.23. The standard InChI is InChI=1S/C12H7ClFN3O4/c13-10-4-3-8(17(20)21)11(15-10)16-12(19)7-2-1-6(14)5-9(7)18/h1-5,18H,(H,15,16,19). The van der Waals surface area contributed by atoms with Crippen molar-refractivity contribution in [3.05, 3.63) is 57.0 Å². The first-order valence-electron chi connectivity index (χ1n) is 5.49. The first kappa shape index (κ1) is 14.7. The summed E-state index contributed by atoms with van der Waals surface area (Å²) in [7, 11) is 0. The van der Waals surface area contributed by atoms with E-state index in [-0.39, 0.29) is 16.5 Å². The first-order valence-corrected chi connectivity index (χ1v) is 5.87. The molecule has 1 heterocycles. The molecular weight excluding hydrogens is 305 g/mol. The Bertz CT molecular complexity index is 738. The molecule has 1 aromatic carbocycles. The van der Waals surface area contributed by atoms with Crippen molar-refractivity contribution in [3.63, 3.8) is 0 Å². The number of nitrogens with zero attached hydrogens (tertiary/aromatic N) is 2. The molecule has 2 rings (SSSR count). The van der Waals surface area contributed by atoms with Gasteiger partial charge in [0.1, 0.15) is 16.7 Å². The van der Waals surface area contributed by atoms with Crippen molar-refractivity contribution in [3.8, 4) is 5.75 Å². The van der Waals surface area contributed by atoms with Gasteiger partial charge in [-0.2, -0.15) is 0 Å². The largest absolute Gasteiger partial charge is 0.507 e. The minimum Gasteiger partial charge on any atom is -0.507 e. The number of halogens is 2. The topological polar surface area (TPSA) is 105 Å². The van der Waals surface area contributed by atoms with E-state index in [1.165, 1.54) is 6.07 Å². The second kappa shape index (κ2) is 5.71. The lowest BCUT2D eigenvalue weighted by Gasteiger charge is -2.07. The molecule has 0 unspecified atom stereocenters. The van der Waals surface area contributed by atoms with Crippen LogP contribution < -0.4 is 5.32 Å². The Morgan fingerprint density at radius 1 is 1.38 bits per heavy atom. The summed E-state index contributed by atoms with van der Waals surface area (Å²) in [5, 5.41) is 22.4. The zero-order valence-electron chi connectivity index (χ0n) is 10.2. The Balaban J connectivity index is 2.35. The van der Waals surface area contributed by atoms with Crippen LogP contribution in [0.15, 0.2) is 30.3 Å². The van der Waals surface area contributed by atoms with Gasteiger partial charge >= 0.3 is 5.69 Å². The van der Waals surface area contributed by atoms with Crippen molar-refractivity contribution in [1.29, 1.82) is 0 Å². The Morgan fingerprint density at radius 2 is 2.10 bits per heavy atom. The van der Waals surface area contributed by atoms with E-state index in [0.717, 1.165) is 24.3 Å². The monoisotopic (exact) mass is 311 g/mol. The molecule has 0 saturated heterocycles. The van der Waals surface area contributed by atoms with Crippen molar-refractivity contribution in [2.75, 3.05) is 5.32 Å². The number of aromatic hydroxyl groups is 1. The highest BCUT2D eigenvalue weighted by molar-refractivity contribution is 6.29. The lowest BCUT2D eigenvalue weighted by Crippen LogP contribution is -2.14. The van der Waals surface area contributed by atoms with E-state index in [2.05, 4.69) is 10.3 Å². The maximum atomic E-state index is 12.8. The van der Waals surface area contributed by atoms with Crippen molar-refractivity contribution in [2.45, 2.75) is 0 Å². The fraction of sp³-hybridized carbons (Fsp3) is 0. The van der Waals surface area contributed by atoms with Crippen LogP contribution in [0.2, 0.25) is 5.15 Å². The molecule has 0 fully saturated rings. The number of carbonyl (C=O) groups excluding carboxylic acids is 1. The molecule has 1 aromatic heterocycles. The molecule has 0 aliphatic carbocycles. The van der Waals surface area contributed by atoms with Crippen LogP contribution in [-0.2, 0) is 0 Å². The number of benzene rings is 1. The van der Waals surface area contributed by atoms with E-state index < -0.39 is 28.1 Å². The molecule has 7 nitrogen and oxygen atoms in total. The molecule has 0 radical (unpaired) electrons. The number of carbonyl (C=O) groups is 1. The third-order valence-corrected chi connectivity index (χ3v) is 2.68. The van der Waals surface area contributed by atoms with Crippen molar-refractivity contribution >= 4 is 29.0 Å². The summed E-state index contributed by atoms with van der Waals surface area (Å²) in [6.07, 6.45) is 0. The molecule has 2 aromatic rings. The van der Waals surface area contributed by atoms with Crippen LogP contribution in [0.5, 0.6) is 5.75 Å². The number of hydrogen-bond acceptors (Lipinski definition) is 5. The summed E-state index contributed by atoms with van der Waals surface area (Å²) in [6.45, 7) is 0. The van der Waals surface area contributed by atoms with Crippen molar-refractivity contribution in [2.24, 2.45) is 0 Å². The van der Waals surface area contributed by atoms with E-state index in [0.29, 0.717) is 0 Å². The lowest BCUT2D eigenvalue weighted by molar-refractivity contribution is -0.384. The van der Waals surface area contributed by atoms with Crippen LogP contribution in [-0.4, -0.2) is 20.9 Å². The number of amides is 1. The van der Waals surface area contributed by atoms with Gasteiger partial charge in [0, 0.05) is 12.1 Å². The maximum Gasteiger partial charge on any atom is 0.311 e. The number of nitro groups is 1. The zero-order valence-corrected chi connectivity index (χ0v) is 11.0. The average Bonchev–Trinajstić information content (AvgIpc) is 2.37. The number of nitrogens with one attached hydrogen (secondary N) is 1. The molecule has 0 aliphatic heterocycles. The molecule has 1 amide bonds. The van der Waals surface area contributed by atoms with Gasteiger partial charge in [0.25, 0.3) is 5.91 Å². The number of phenolic OH excluding ortho intramolecular Hbond substituents is 1. The molecule has 2 N–H and O–H groups in total. The van der Waals surface area contributed by atoms with Gasteiger partial charge in [0.05, 0.1) is 10.5 Å². The van der Waals surface area contributed by atoms with Crippen molar-refractivity contribution < 1.29 is 19.2 Å². The lowest BCUT2D eigenvalue weighted by atomic mass is 10.2. The molecule has 0 spiro atoms. The minimum atomic E-state index is -0.884. The van der Waals surface area contributed by atoms with Crippen LogP contribution in [0.4, 0.5) is 15.9 Å². The van der Waals surface area contributed by atoms with Crippen LogP contribution in [0.25, 0.3) is 0 Å². The predicted octanol–water partition coefficient (Wildman–Crippen LogP) is 2.74. The third-order valence-electron chi connectivity index (χ3n) is 2.47. The number of anilines is 1. The molecule has 0 atom stereocenters. The fourth-order valence-electron chi connectivity index (χ4n) is 1.54. The Hall–Kier alpha value is -2.74. The van der Waals surface area contributed by atoms with Gasteiger partial charge < -0.3 is 10.4 Å². The number of rotatable bonds is 3. The van der Waals surface area contributed by atoms with Gasteiger partial charge in [0.2, 0.25) is 5.82 Å². The highest BCUT2D eigenvalue weighted by Crippen LogP contribution is 2.26. The van der Waals surface area contributed by atoms with Crippen molar-refractivity contribution in [1.82, 2.24) is 4.98 Å². The summed E-state index contributed by atoms with van der Waals surface area (Å²) in [4.78, 5) is 25.7. The number of phenols is 1. The Morgan fingerprint density at radius 3 is 2.71 bits per heavy atom. The predicted molar refractivity (Wildman–Crippen MR) is 71.9 cm³/mol. The normalized spacial score (nSPS) is 10.2. The summed E-state index contributed by atoms with van der Waals surface area (Å²) < 4.78 is 12.8. The second-order valence-corrected chi connectivity index (χ2v) is 4.26. The average molecular weight is 312 g/mol. The zero-order chi connectivity index (χ0) is 15.6. The van der Waals surface area contributed by atoms with E-state index in [9.17, 15) is 24.4 Å². The fourth-order valence-corrected chi connectivity index (χ4v) is 1.69. The number of hydrogen-bond donors (Lipinski definition) is 2. The molecule has 9 heteroatoms. The quantitative estimate of drug-likeness (QED) is 0.515. The number of pyridine rings is 1. The summed E-state index contributed by atoms with van der Waals surface area (Å²) in [5.41, 5.74) is -0.721. The molecule has 108 valence electrons. The molecule has 0 aliphatic rings. The second-order valence-electron chi connectivity index (χ2n) is 3.87. The van der Waals surface area contributed by atoms with Crippen LogP contribution >= 0.6 is 11.6 Å². The van der Waals surface area contributed by atoms with Gasteiger partial charge in [-0.25, -0.2) is 9.37 Å². The van der Waals surface area contributed by atoms with Gasteiger partial charge in [-0.05, 0) is 18.2 Å². The summed E-state index contributed by atoms with van der Waals surface area (Å²) >= 11 is 5.62. The molecule has 0 saturated carbocycles. The van der Waals surface area contributed by atoms with Gasteiger partial charge in [-0.3, -0.25) is 14.9 Å². The van der Waals surface area contributed by atoms with Crippen LogP contribution in [0.3, 0.4) is 0 Å². The molecule has 0 bridgehead atoms. The van der Waals surface area contributed by atoms with E-state index in [1.54, 1.807) is 0 Å². The van der Waals surface area contributed by atoms with Gasteiger partial charge in [-0.15, -0.1) is 0 Å². The highest BCUT2D eigenvalue weighted by Gasteiger charge is 2.20. The number of aromatic nitrogens is 1. The summed E-state index contributed by atoms with van der Waals surface area (Å²) in [5.74, 6) is -2.58. The van der Waals surface area contributed by atoms with E-state index in [1.807, 2.05) is 0 Å². The SMILES string of the molecule is O=C(Nc1nc(Cl)ccc1[N+](=O)[O-])c1ccc(F)cc1O. The highest BCUT2D eigenvalue weighted by atomic mass is 35.5. The van der Waals surface area contributed by atoms with Gasteiger partial charge in [0.15, 0.2) is 0 Å². The minimum absolute atomic E-state index is 0.0563. The van der Waals surface area contributed by atoms with E-state index >= 15 is 0 Å². The molecular formula is C12H7ClFN3O4. The summed E-state index contributed by atoms with van der Waals surface area (Å²) in [6, 6.07) is 5.03. The van der Waals surface area contributed by atoms with Crippen LogP contribution in [0.1, 0.15) is 10.4 Å². The van der Waals surface area contributed by atoms with E-state index in [4.69, 9.17) is 11.6 Å². The Labute approximate surface area is 122 Å². The first-order chi connectivity index (χ1) is 9.88. The van der Waals surface area contributed by atoms with Crippen LogP contribution in [0, 0.1) is 15.9 Å². The molecule has 21 heavy (non-hydrogen) atoms. The maximum absolute atomic E-state index is 12.8. The van der Waals surface area contributed by atoms with Gasteiger partial charge in [-0.1, -0.05) is 11.6 Å².